The van der Waals surface area contributed by atoms with Crippen LogP contribution in [-0.2, 0) is 7.05 Å². The highest BCUT2D eigenvalue weighted by molar-refractivity contribution is 8.00. The van der Waals surface area contributed by atoms with Crippen molar-refractivity contribution in [2.24, 2.45) is 7.05 Å². The van der Waals surface area contributed by atoms with E-state index < -0.39 is 0 Å². The first-order chi connectivity index (χ1) is 10.2. The fourth-order valence-corrected chi connectivity index (χ4v) is 2.75. The molecule has 1 aromatic carbocycles. The summed E-state index contributed by atoms with van der Waals surface area (Å²) in [6.07, 6.45) is -0.302. The highest BCUT2D eigenvalue weighted by atomic mass is 32.2. The van der Waals surface area contributed by atoms with E-state index >= 15 is 0 Å². The van der Waals surface area contributed by atoms with Gasteiger partial charge < -0.3 is 14.0 Å². The number of fused-ring (bicyclic) bond motifs is 1. The van der Waals surface area contributed by atoms with Gasteiger partial charge in [0.05, 0.1) is 11.3 Å². The van der Waals surface area contributed by atoms with Crippen LogP contribution in [0.1, 0.15) is 18.9 Å². The second-order valence-electron chi connectivity index (χ2n) is 4.65. The average Bonchev–Trinajstić information content (AvgIpc) is 2.87. The summed E-state index contributed by atoms with van der Waals surface area (Å²) in [6.45, 7) is 2.22. The lowest BCUT2D eigenvalue weighted by Gasteiger charge is -2.25. The molecule has 0 amide bonds. The van der Waals surface area contributed by atoms with Crippen LogP contribution >= 0.6 is 11.8 Å². The van der Waals surface area contributed by atoms with Crippen molar-refractivity contribution in [2.75, 3.05) is 6.61 Å². The van der Waals surface area contributed by atoms with Crippen LogP contribution in [0.15, 0.2) is 29.4 Å². The van der Waals surface area contributed by atoms with E-state index in [0.717, 1.165) is 5.75 Å². The zero-order valence-corrected chi connectivity index (χ0v) is 12.5. The number of rotatable bonds is 3. The molecule has 1 aliphatic rings. The van der Waals surface area contributed by atoms with Gasteiger partial charge in [0.1, 0.15) is 6.61 Å². The lowest BCUT2D eigenvalue weighted by molar-refractivity contribution is 0.0825. The zero-order chi connectivity index (χ0) is 14.8. The van der Waals surface area contributed by atoms with Gasteiger partial charge in [-0.25, -0.2) is 0 Å². The zero-order valence-electron chi connectivity index (χ0n) is 11.7. The largest absolute Gasteiger partial charge is 0.485 e. The van der Waals surface area contributed by atoms with E-state index in [-0.39, 0.29) is 11.4 Å². The molecule has 1 aromatic heterocycles. The van der Waals surface area contributed by atoms with Crippen LogP contribution < -0.4 is 9.47 Å². The summed E-state index contributed by atoms with van der Waals surface area (Å²) in [5.41, 5.74) is 0. The summed E-state index contributed by atoms with van der Waals surface area (Å²) in [5, 5.41) is 17.7. The third-order valence-electron chi connectivity index (χ3n) is 3.13. The van der Waals surface area contributed by atoms with Gasteiger partial charge in [-0.15, -0.1) is 10.2 Å². The minimum absolute atomic E-state index is 0.176. The van der Waals surface area contributed by atoms with Crippen molar-refractivity contribution in [3.05, 3.63) is 30.1 Å². The standard InChI is InChI=1S/C14H14N4O2S/c1-9(7-15)21-14-17-16-13(18(14)2)12-8-19-10-5-3-4-6-11(10)20-12/h3-6,9,12H,8H2,1-2H3. The molecule has 2 unspecified atom stereocenters. The second kappa shape index (κ2) is 5.66. The van der Waals surface area contributed by atoms with Crippen LogP contribution in [0.25, 0.3) is 0 Å². The van der Waals surface area contributed by atoms with Gasteiger partial charge in [-0.1, -0.05) is 23.9 Å². The van der Waals surface area contributed by atoms with Crippen molar-refractivity contribution in [2.45, 2.75) is 23.4 Å². The first-order valence-corrected chi connectivity index (χ1v) is 7.41. The summed E-state index contributed by atoms with van der Waals surface area (Å²) < 4.78 is 13.5. The van der Waals surface area contributed by atoms with E-state index in [4.69, 9.17) is 14.7 Å². The van der Waals surface area contributed by atoms with Crippen LogP contribution in [0, 0.1) is 11.3 Å². The molecule has 21 heavy (non-hydrogen) atoms. The molecule has 2 heterocycles. The fourth-order valence-electron chi connectivity index (χ4n) is 2.04. The van der Waals surface area contributed by atoms with Gasteiger partial charge in [-0.05, 0) is 19.1 Å². The third kappa shape index (κ3) is 2.67. The van der Waals surface area contributed by atoms with Crippen molar-refractivity contribution in [1.29, 1.82) is 5.26 Å². The van der Waals surface area contributed by atoms with E-state index in [9.17, 15) is 0 Å². The van der Waals surface area contributed by atoms with E-state index in [1.54, 1.807) is 0 Å². The van der Waals surface area contributed by atoms with E-state index in [2.05, 4.69) is 16.3 Å². The molecule has 0 fully saturated rings. The fraction of sp³-hybridized carbons (Fsp3) is 0.357. The summed E-state index contributed by atoms with van der Waals surface area (Å²) in [4.78, 5) is 0. The summed E-state index contributed by atoms with van der Waals surface area (Å²) in [5.74, 6) is 2.14. The Morgan fingerprint density at radius 3 is 2.90 bits per heavy atom. The number of thioether (sulfide) groups is 1. The molecule has 0 aliphatic carbocycles. The monoisotopic (exact) mass is 302 g/mol. The molecule has 0 radical (unpaired) electrons. The molecule has 3 rings (SSSR count). The molecule has 0 N–H and O–H groups in total. The number of benzene rings is 1. The highest BCUT2D eigenvalue weighted by Crippen LogP contribution is 2.35. The Kier molecular flexibility index (Phi) is 3.71. The maximum atomic E-state index is 8.88. The number of nitrogens with zero attached hydrogens (tertiary/aromatic N) is 4. The van der Waals surface area contributed by atoms with Crippen molar-refractivity contribution in [1.82, 2.24) is 14.8 Å². The minimum Gasteiger partial charge on any atom is -0.485 e. The Morgan fingerprint density at radius 1 is 1.38 bits per heavy atom. The van der Waals surface area contributed by atoms with Gasteiger partial charge in [0.15, 0.2) is 28.6 Å². The molecule has 0 spiro atoms. The van der Waals surface area contributed by atoms with Gasteiger partial charge >= 0.3 is 0 Å². The van der Waals surface area contributed by atoms with Gasteiger partial charge in [0.2, 0.25) is 0 Å². The van der Waals surface area contributed by atoms with Crippen LogP contribution in [0.4, 0.5) is 0 Å². The molecular weight excluding hydrogens is 288 g/mol. The lowest BCUT2D eigenvalue weighted by atomic mass is 10.2. The van der Waals surface area contributed by atoms with E-state index in [1.165, 1.54) is 11.8 Å². The van der Waals surface area contributed by atoms with Crippen molar-refractivity contribution in [3.8, 4) is 17.6 Å². The number of hydrogen-bond donors (Lipinski definition) is 0. The number of ether oxygens (including phenoxy) is 2. The summed E-state index contributed by atoms with van der Waals surface area (Å²) in [7, 11) is 1.87. The Bertz CT molecular complexity index is 695. The Balaban J connectivity index is 1.81. The molecule has 6 nitrogen and oxygen atoms in total. The highest BCUT2D eigenvalue weighted by Gasteiger charge is 2.27. The van der Waals surface area contributed by atoms with Crippen molar-refractivity contribution >= 4 is 11.8 Å². The van der Waals surface area contributed by atoms with Gasteiger partial charge in [-0.2, -0.15) is 5.26 Å². The van der Waals surface area contributed by atoms with Gasteiger partial charge in [0, 0.05) is 7.05 Å². The predicted molar refractivity (Wildman–Crippen MR) is 77.2 cm³/mol. The Hall–Kier alpha value is -2.20. The SMILES string of the molecule is CC(C#N)Sc1nnc(C2COc3ccccc3O2)n1C. The number of hydrogen-bond acceptors (Lipinski definition) is 6. The smallest absolute Gasteiger partial charge is 0.192 e. The molecule has 0 saturated carbocycles. The maximum Gasteiger partial charge on any atom is 0.192 e. The topological polar surface area (TPSA) is 73.0 Å². The molecule has 2 aromatic rings. The van der Waals surface area contributed by atoms with Crippen LogP contribution in [0.2, 0.25) is 0 Å². The van der Waals surface area contributed by atoms with Crippen molar-refractivity contribution < 1.29 is 9.47 Å². The third-order valence-corrected chi connectivity index (χ3v) is 4.15. The summed E-state index contributed by atoms with van der Waals surface area (Å²) in [6, 6.07) is 9.71. The first-order valence-electron chi connectivity index (χ1n) is 6.53. The number of nitriles is 1. The van der Waals surface area contributed by atoms with Gasteiger partial charge in [0.25, 0.3) is 0 Å². The van der Waals surface area contributed by atoms with Crippen LogP contribution in [-0.4, -0.2) is 26.6 Å². The second-order valence-corrected chi connectivity index (χ2v) is 5.96. The molecular formula is C14H14N4O2S. The summed E-state index contributed by atoms with van der Waals surface area (Å²) >= 11 is 1.37. The minimum atomic E-state index is -0.302. The Morgan fingerprint density at radius 2 is 2.14 bits per heavy atom. The molecule has 0 bridgehead atoms. The number of aromatic nitrogens is 3. The molecule has 2 atom stereocenters. The number of para-hydroxylation sites is 2. The molecule has 7 heteroatoms. The van der Waals surface area contributed by atoms with Crippen molar-refractivity contribution in [3.63, 3.8) is 0 Å². The first kappa shape index (κ1) is 13.8. The van der Waals surface area contributed by atoms with E-state index in [1.807, 2.05) is 42.8 Å². The van der Waals surface area contributed by atoms with Crippen LogP contribution in [0.3, 0.4) is 0 Å². The predicted octanol–water partition coefficient (Wildman–Crippen LogP) is 2.33. The Labute approximate surface area is 126 Å². The maximum absolute atomic E-state index is 8.88. The van der Waals surface area contributed by atoms with E-state index in [0.29, 0.717) is 23.3 Å². The van der Waals surface area contributed by atoms with Gasteiger partial charge in [-0.3, -0.25) is 0 Å². The quantitative estimate of drug-likeness (QED) is 0.810. The molecule has 108 valence electrons. The lowest BCUT2D eigenvalue weighted by Crippen LogP contribution is -2.24. The molecule has 0 saturated heterocycles. The normalized spacial score (nSPS) is 18.0. The van der Waals surface area contributed by atoms with Crippen LogP contribution in [0.5, 0.6) is 11.5 Å². The average molecular weight is 302 g/mol. The molecule has 1 aliphatic heterocycles.